The van der Waals surface area contributed by atoms with Gasteiger partial charge in [0.15, 0.2) is 0 Å². The van der Waals surface area contributed by atoms with E-state index < -0.39 is 11.9 Å². The molecule has 0 saturated heterocycles. The fourth-order valence-electron chi connectivity index (χ4n) is 1.51. The smallest absolute Gasteiger partial charge is 0.240 e. The predicted octanol–water partition coefficient (Wildman–Crippen LogP) is 0.130. The van der Waals surface area contributed by atoms with Crippen molar-refractivity contribution in [2.75, 3.05) is 0 Å². The van der Waals surface area contributed by atoms with E-state index in [0.29, 0.717) is 0 Å². The molecular formula is C11H23N3O2. The fraction of sp³-hybridized carbons (Fsp3) is 0.818. The van der Waals surface area contributed by atoms with Crippen LogP contribution in [-0.2, 0) is 9.59 Å². The molecule has 2 amide bonds. The molecule has 2 unspecified atom stereocenters. The van der Waals surface area contributed by atoms with E-state index in [1.807, 2.05) is 20.8 Å². The summed E-state index contributed by atoms with van der Waals surface area (Å²) in [5.74, 6) is -0.727. The molecule has 0 aromatic rings. The maximum atomic E-state index is 11.5. The van der Waals surface area contributed by atoms with Crippen LogP contribution in [0.4, 0.5) is 0 Å². The Bertz CT molecular complexity index is 241. The van der Waals surface area contributed by atoms with Crippen molar-refractivity contribution in [3.8, 4) is 0 Å². The molecule has 2 atom stereocenters. The third-order valence-corrected chi connectivity index (χ3v) is 2.40. The lowest BCUT2D eigenvalue weighted by Crippen LogP contribution is -2.48. The van der Waals surface area contributed by atoms with Crippen molar-refractivity contribution < 1.29 is 9.59 Å². The van der Waals surface area contributed by atoms with E-state index in [2.05, 4.69) is 5.32 Å². The Labute approximate surface area is 96.9 Å². The number of nitrogens with two attached hydrogens (primary N) is 2. The fourth-order valence-corrected chi connectivity index (χ4v) is 1.51. The zero-order chi connectivity index (χ0) is 12.7. The summed E-state index contributed by atoms with van der Waals surface area (Å²) in [4.78, 5) is 22.6. The van der Waals surface area contributed by atoms with Crippen LogP contribution < -0.4 is 16.8 Å². The number of primary amides is 1. The van der Waals surface area contributed by atoms with Gasteiger partial charge in [0.25, 0.3) is 0 Å². The Morgan fingerprint density at radius 1 is 1.31 bits per heavy atom. The summed E-state index contributed by atoms with van der Waals surface area (Å²) in [6.45, 7) is 5.68. The zero-order valence-corrected chi connectivity index (χ0v) is 10.3. The van der Waals surface area contributed by atoms with Gasteiger partial charge in [0, 0.05) is 12.5 Å². The number of rotatable bonds is 7. The zero-order valence-electron chi connectivity index (χ0n) is 10.3. The lowest BCUT2D eigenvalue weighted by atomic mass is 10.0. The quantitative estimate of drug-likeness (QED) is 0.578. The van der Waals surface area contributed by atoms with Gasteiger partial charge in [0.1, 0.15) is 6.04 Å². The van der Waals surface area contributed by atoms with E-state index in [0.717, 1.165) is 12.8 Å². The third kappa shape index (κ3) is 5.70. The highest BCUT2D eigenvalue weighted by atomic mass is 16.2. The molecule has 0 aromatic carbocycles. The number of amides is 2. The second-order valence-corrected chi connectivity index (χ2v) is 4.44. The number of carbonyl (C=O) groups excluding carboxylic acids is 2. The van der Waals surface area contributed by atoms with Crippen molar-refractivity contribution in [3.63, 3.8) is 0 Å². The molecule has 5 N–H and O–H groups in total. The Morgan fingerprint density at radius 2 is 1.88 bits per heavy atom. The van der Waals surface area contributed by atoms with Crippen LogP contribution in [0.1, 0.15) is 40.0 Å². The first-order chi connectivity index (χ1) is 7.38. The van der Waals surface area contributed by atoms with E-state index in [9.17, 15) is 9.59 Å². The minimum absolute atomic E-state index is 0.0103. The largest absolute Gasteiger partial charge is 0.368 e. The number of carbonyl (C=O) groups is 2. The molecule has 5 nitrogen and oxygen atoms in total. The standard InChI is InChI=1S/C11H23N3O2/c1-4-5-8(12)6-9(15)14-10(7(2)3)11(13)16/h7-8,10H,4-6,12H2,1-3H3,(H2,13,16)(H,14,15). The molecule has 0 aromatic heterocycles. The number of nitrogens with one attached hydrogen (secondary N) is 1. The lowest BCUT2D eigenvalue weighted by Gasteiger charge is -2.20. The molecule has 5 heteroatoms. The van der Waals surface area contributed by atoms with Gasteiger partial charge in [-0.05, 0) is 12.3 Å². The molecule has 0 aliphatic carbocycles. The molecule has 94 valence electrons. The van der Waals surface area contributed by atoms with Gasteiger partial charge >= 0.3 is 0 Å². The van der Waals surface area contributed by atoms with Crippen LogP contribution in [0.25, 0.3) is 0 Å². The van der Waals surface area contributed by atoms with Crippen molar-refractivity contribution in [3.05, 3.63) is 0 Å². The third-order valence-electron chi connectivity index (χ3n) is 2.40. The van der Waals surface area contributed by atoms with Gasteiger partial charge in [-0.25, -0.2) is 0 Å². The van der Waals surface area contributed by atoms with Crippen molar-refractivity contribution in [1.29, 1.82) is 0 Å². The molecule has 0 heterocycles. The second-order valence-electron chi connectivity index (χ2n) is 4.44. The lowest BCUT2D eigenvalue weighted by molar-refractivity contribution is -0.128. The average Bonchev–Trinajstić information content (AvgIpc) is 2.13. The van der Waals surface area contributed by atoms with Gasteiger partial charge in [-0.15, -0.1) is 0 Å². The summed E-state index contributed by atoms with van der Waals surface area (Å²) in [7, 11) is 0. The highest BCUT2D eigenvalue weighted by molar-refractivity contribution is 5.86. The molecule has 0 radical (unpaired) electrons. The van der Waals surface area contributed by atoms with Gasteiger partial charge in [-0.3, -0.25) is 9.59 Å². The molecule has 0 spiro atoms. The summed E-state index contributed by atoms with van der Waals surface area (Å²) in [5, 5.41) is 2.61. The second kappa shape index (κ2) is 7.22. The predicted molar refractivity (Wildman–Crippen MR) is 63.5 cm³/mol. The molecule has 16 heavy (non-hydrogen) atoms. The van der Waals surface area contributed by atoms with Crippen LogP contribution in [0.2, 0.25) is 0 Å². The maximum absolute atomic E-state index is 11.5. The maximum Gasteiger partial charge on any atom is 0.240 e. The molecule has 0 saturated carbocycles. The topological polar surface area (TPSA) is 98.2 Å². The Balaban J connectivity index is 4.15. The van der Waals surface area contributed by atoms with E-state index >= 15 is 0 Å². The first-order valence-electron chi connectivity index (χ1n) is 5.72. The summed E-state index contributed by atoms with van der Waals surface area (Å²) in [6.07, 6.45) is 1.98. The highest BCUT2D eigenvalue weighted by Crippen LogP contribution is 2.03. The minimum atomic E-state index is -0.610. The Hall–Kier alpha value is -1.10. The van der Waals surface area contributed by atoms with E-state index in [4.69, 9.17) is 11.5 Å². The SMILES string of the molecule is CCCC(N)CC(=O)NC(C(N)=O)C(C)C. The highest BCUT2D eigenvalue weighted by Gasteiger charge is 2.22. The van der Waals surface area contributed by atoms with E-state index in [-0.39, 0.29) is 24.3 Å². The molecule has 0 fully saturated rings. The van der Waals surface area contributed by atoms with Crippen LogP contribution in [0, 0.1) is 5.92 Å². The molecule has 0 aliphatic heterocycles. The monoisotopic (exact) mass is 229 g/mol. The van der Waals surface area contributed by atoms with Gasteiger partial charge in [-0.2, -0.15) is 0 Å². The molecule has 0 aliphatic rings. The van der Waals surface area contributed by atoms with Crippen LogP contribution in [0.3, 0.4) is 0 Å². The van der Waals surface area contributed by atoms with Crippen molar-refractivity contribution in [2.45, 2.75) is 52.1 Å². The van der Waals surface area contributed by atoms with Gasteiger partial charge in [-0.1, -0.05) is 27.2 Å². The van der Waals surface area contributed by atoms with Crippen LogP contribution in [0.5, 0.6) is 0 Å². The van der Waals surface area contributed by atoms with Gasteiger partial charge in [0.05, 0.1) is 0 Å². The summed E-state index contributed by atoms with van der Waals surface area (Å²) >= 11 is 0. The van der Waals surface area contributed by atoms with Gasteiger partial charge < -0.3 is 16.8 Å². The molecule has 0 bridgehead atoms. The van der Waals surface area contributed by atoms with Crippen LogP contribution >= 0.6 is 0 Å². The Morgan fingerprint density at radius 3 is 2.25 bits per heavy atom. The van der Waals surface area contributed by atoms with E-state index in [1.165, 1.54) is 0 Å². The number of hydrogen-bond acceptors (Lipinski definition) is 3. The van der Waals surface area contributed by atoms with Gasteiger partial charge in [0.2, 0.25) is 11.8 Å². The van der Waals surface area contributed by atoms with Crippen molar-refractivity contribution in [1.82, 2.24) is 5.32 Å². The molecular weight excluding hydrogens is 206 g/mol. The summed E-state index contributed by atoms with van der Waals surface area (Å²) in [5.41, 5.74) is 10.9. The van der Waals surface area contributed by atoms with Crippen LogP contribution in [-0.4, -0.2) is 23.9 Å². The van der Waals surface area contributed by atoms with Crippen molar-refractivity contribution in [2.24, 2.45) is 17.4 Å². The van der Waals surface area contributed by atoms with Crippen molar-refractivity contribution >= 4 is 11.8 Å². The molecule has 0 rings (SSSR count). The summed E-state index contributed by atoms with van der Waals surface area (Å²) in [6, 6.07) is -0.757. The minimum Gasteiger partial charge on any atom is -0.368 e. The first kappa shape index (κ1) is 14.9. The van der Waals surface area contributed by atoms with Crippen LogP contribution in [0.15, 0.2) is 0 Å². The number of hydrogen-bond donors (Lipinski definition) is 3. The Kier molecular flexibility index (Phi) is 6.72. The average molecular weight is 229 g/mol. The van der Waals surface area contributed by atoms with E-state index in [1.54, 1.807) is 0 Å². The first-order valence-corrected chi connectivity index (χ1v) is 5.72. The summed E-state index contributed by atoms with van der Waals surface area (Å²) < 4.78 is 0. The normalized spacial score (nSPS) is 14.6.